The Bertz CT molecular complexity index is 5320. The topological polar surface area (TPSA) is 248 Å². The van der Waals surface area contributed by atoms with Crippen LogP contribution in [0, 0.1) is 27.7 Å². The van der Waals surface area contributed by atoms with E-state index < -0.39 is 0 Å². The minimum Gasteiger partial charge on any atom is -0.488 e. The van der Waals surface area contributed by atoms with Crippen LogP contribution in [-0.2, 0) is 130 Å². The van der Waals surface area contributed by atoms with Crippen LogP contribution in [0.15, 0.2) is 179 Å². The summed E-state index contributed by atoms with van der Waals surface area (Å²) in [6, 6.07) is 28.6. The molecule has 562 valence electrons. The fourth-order valence-corrected chi connectivity index (χ4v) is 15.5. The number of nitrogens with zero attached hydrogens (tertiary/aromatic N) is 9. The summed E-state index contributed by atoms with van der Waals surface area (Å²) in [6.45, 7) is 8.79. The Hall–Kier alpha value is -11.8. The minimum absolute atomic E-state index is 0.00661. The molecule has 0 spiro atoms. The lowest BCUT2D eigenvalue weighted by Gasteiger charge is -2.26. The third-order valence-corrected chi connectivity index (χ3v) is 21.3. The lowest BCUT2D eigenvalue weighted by atomic mass is 9.83. The number of hydrogen-bond donors (Lipinski definition) is 0. The molecule has 0 bridgehead atoms. The predicted molar refractivity (Wildman–Crippen MR) is 423 cm³/mol. The molecule has 20 nitrogen and oxygen atoms in total. The molecule has 0 saturated carbocycles. The predicted octanol–water partition coefficient (Wildman–Crippen LogP) is 12.5. The SMILES string of the molecule is Cc1cc(-c2cc3c(c(CC4CCCCO4)c2)CC(=O)CC3)cn(C)c1=O.Cc1cc(-c2cc3c(c(Cc4cccnc4)c2)CC(=O)CC3)cn(C)c1=O.Cc1cc(-c2cc3c(c(OCc4cnccn4)c2)CC(=O)CC3)cn(C)c1=O.Cc1cc(-c2cc3c(c(OCc4cncnc4)c2)CC(=O)CC3)cn(C)c1=O. The van der Waals surface area contributed by atoms with Gasteiger partial charge in [0, 0.05) is 187 Å². The zero-order valence-corrected chi connectivity index (χ0v) is 63.7. The highest BCUT2D eigenvalue weighted by atomic mass is 16.5. The maximum Gasteiger partial charge on any atom is 0.253 e. The van der Waals surface area contributed by atoms with Gasteiger partial charge in [0.1, 0.15) is 54.2 Å². The molecule has 1 unspecified atom stereocenters. The number of carbonyl (C=O) groups excluding carboxylic acids is 4. The smallest absolute Gasteiger partial charge is 0.253 e. The average molecular weight is 1470 g/mol. The van der Waals surface area contributed by atoms with E-state index in [9.17, 15) is 38.4 Å². The minimum atomic E-state index is -0.00793. The summed E-state index contributed by atoms with van der Waals surface area (Å²) in [7, 11) is 7.09. The first kappa shape index (κ1) is 76.4. The molecule has 110 heavy (non-hydrogen) atoms. The molecular formula is C90H91N9O11. The number of carbonyl (C=O) groups is 4. The van der Waals surface area contributed by atoms with Crippen LogP contribution in [0.5, 0.6) is 11.5 Å². The molecule has 1 atom stereocenters. The first-order chi connectivity index (χ1) is 53.0. The Morgan fingerprint density at radius 1 is 0.409 bits per heavy atom. The molecule has 8 heterocycles. The van der Waals surface area contributed by atoms with E-state index >= 15 is 0 Å². The van der Waals surface area contributed by atoms with Gasteiger partial charge in [-0.2, -0.15) is 0 Å². The Labute approximate surface area is 638 Å². The number of pyridine rings is 5. The van der Waals surface area contributed by atoms with Crippen LogP contribution in [0.2, 0.25) is 0 Å². The van der Waals surface area contributed by atoms with Crippen LogP contribution in [0.3, 0.4) is 0 Å². The Kier molecular flexibility index (Phi) is 23.8. The molecule has 11 aromatic rings. The van der Waals surface area contributed by atoms with Crippen molar-refractivity contribution in [3.8, 4) is 56.0 Å². The van der Waals surface area contributed by atoms with Gasteiger partial charge in [-0.1, -0.05) is 42.5 Å². The number of hydrogen-bond acceptors (Lipinski definition) is 16. The second kappa shape index (κ2) is 34.2. The maximum atomic E-state index is 12.1. The number of fused-ring (bicyclic) bond motifs is 4. The molecule has 0 amide bonds. The zero-order valence-electron chi connectivity index (χ0n) is 63.7. The van der Waals surface area contributed by atoms with Gasteiger partial charge in [-0.05, 0) is 223 Å². The molecule has 0 N–H and O–H groups in total. The number of ether oxygens (including phenoxy) is 3. The summed E-state index contributed by atoms with van der Waals surface area (Å²) >= 11 is 0. The van der Waals surface area contributed by atoms with Gasteiger partial charge in [-0.3, -0.25) is 53.3 Å². The molecule has 4 aliphatic carbocycles. The monoisotopic (exact) mass is 1470 g/mol. The number of rotatable bonds is 14. The van der Waals surface area contributed by atoms with E-state index in [1.54, 1.807) is 83.6 Å². The second-order valence-corrected chi connectivity index (χ2v) is 29.7. The van der Waals surface area contributed by atoms with E-state index in [1.807, 2.05) is 101 Å². The van der Waals surface area contributed by atoms with Gasteiger partial charge >= 0.3 is 0 Å². The highest BCUT2D eigenvalue weighted by molar-refractivity contribution is 5.87. The van der Waals surface area contributed by atoms with Gasteiger partial charge < -0.3 is 32.5 Å². The summed E-state index contributed by atoms with van der Waals surface area (Å²) in [5.41, 5.74) is 25.3. The number of aromatic nitrogens is 9. The third kappa shape index (κ3) is 18.3. The fraction of sp³-hybridized carbons (Fsp3) is 0.322. The average Bonchev–Trinajstić information content (AvgIpc) is 0.786. The highest BCUT2D eigenvalue weighted by Crippen LogP contribution is 2.39. The largest absolute Gasteiger partial charge is 0.488 e. The third-order valence-electron chi connectivity index (χ3n) is 21.3. The van der Waals surface area contributed by atoms with E-state index in [0.29, 0.717) is 105 Å². The van der Waals surface area contributed by atoms with Gasteiger partial charge in [0.05, 0.1) is 18.0 Å². The molecule has 0 radical (unpaired) electrons. The first-order valence-electron chi connectivity index (χ1n) is 37.7. The number of benzene rings is 4. The van der Waals surface area contributed by atoms with E-state index in [4.69, 9.17) is 14.2 Å². The van der Waals surface area contributed by atoms with Crippen molar-refractivity contribution in [2.24, 2.45) is 28.2 Å². The number of Topliss-reactive ketones (excluding diaryl/α,β-unsaturated/α-hetero) is 4. The highest BCUT2D eigenvalue weighted by Gasteiger charge is 2.27. The second-order valence-electron chi connectivity index (χ2n) is 29.7. The molecule has 1 fully saturated rings. The lowest BCUT2D eigenvalue weighted by molar-refractivity contribution is -0.119. The molecule has 5 aliphatic rings. The lowest BCUT2D eigenvalue weighted by Crippen LogP contribution is -2.24. The van der Waals surface area contributed by atoms with E-state index in [-0.39, 0.29) is 46.5 Å². The first-order valence-corrected chi connectivity index (χ1v) is 37.7. The summed E-state index contributed by atoms with van der Waals surface area (Å²) in [4.78, 5) is 117. The number of aryl methyl sites for hydroxylation is 12. The molecule has 1 saturated heterocycles. The van der Waals surface area contributed by atoms with Gasteiger partial charge in [0.25, 0.3) is 22.2 Å². The van der Waals surface area contributed by atoms with Crippen molar-refractivity contribution in [2.45, 2.75) is 156 Å². The van der Waals surface area contributed by atoms with Crippen molar-refractivity contribution in [1.29, 1.82) is 0 Å². The molecular weight excluding hydrogens is 1380 g/mol. The normalized spacial score (nSPS) is 14.9. The van der Waals surface area contributed by atoms with Crippen LogP contribution in [0.4, 0.5) is 0 Å². The van der Waals surface area contributed by atoms with Crippen molar-refractivity contribution in [3.05, 3.63) is 296 Å². The zero-order chi connectivity index (χ0) is 77.3. The summed E-state index contributed by atoms with van der Waals surface area (Å²) in [5.74, 6) is 2.49. The maximum absolute atomic E-state index is 12.1. The van der Waals surface area contributed by atoms with E-state index in [2.05, 4.69) is 67.4 Å². The summed E-state index contributed by atoms with van der Waals surface area (Å²) < 4.78 is 24.6. The van der Waals surface area contributed by atoms with Gasteiger partial charge in [-0.15, -0.1) is 0 Å². The Morgan fingerprint density at radius 3 is 1.24 bits per heavy atom. The van der Waals surface area contributed by atoms with Crippen LogP contribution in [0.1, 0.15) is 140 Å². The van der Waals surface area contributed by atoms with E-state index in [1.165, 1.54) is 46.1 Å². The quantitative estimate of drug-likeness (QED) is 0.0981. The summed E-state index contributed by atoms with van der Waals surface area (Å²) in [5, 5.41) is 0. The van der Waals surface area contributed by atoms with Crippen molar-refractivity contribution < 1.29 is 33.4 Å². The van der Waals surface area contributed by atoms with Gasteiger partial charge in [-0.25, -0.2) is 9.97 Å². The van der Waals surface area contributed by atoms with Gasteiger partial charge in [0.2, 0.25) is 0 Å². The Balaban J connectivity index is 0.000000129. The van der Waals surface area contributed by atoms with Crippen LogP contribution < -0.4 is 31.7 Å². The van der Waals surface area contributed by atoms with Crippen molar-refractivity contribution in [3.63, 3.8) is 0 Å². The molecule has 1 aliphatic heterocycles. The van der Waals surface area contributed by atoms with Crippen molar-refractivity contribution in [2.75, 3.05) is 6.61 Å². The molecule has 16 rings (SSSR count). The van der Waals surface area contributed by atoms with Crippen molar-refractivity contribution in [1.82, 2.24) is 43.2 Å². The van der Waals surface area contributed by atoms with Gasteiger partial charge in [0.15, 0.2) is 0 Å². The molecule has 20 heteroatoms. The van der Waals surface area contributed by atoms with E-state index in [0.717, 1.165) is 140 Å². The summed E-state index contributed by atoms with van der Waals surface area (Å²) in [6.07, 6.45) is 33.4. The van der Waals surface area contributed by atoms with Crippen LogP contribution >= 0.6 is 0 Å². The van der Waals surface area contributed by atoms with Crippen LogP contribution in [-0.4, -0.2) is 79.0 Å². The van der Waals surface area contributed by atoms with Crippen molar-refractivity contribution >= 4 is 23.1 Å². The Morgan fingerprint density at radius 2 is 0.818 bits per heavy atom. The fourth-order valence-electron chi connectivity index (χ4n) is 15.5. The number of ketones is 4. The molecule has 7 aromatic heterocycles. The van der Waals surface area contributed by atoms with Crippen LogP contribution in [0.25, 0.3) is 44.5 Å². The molecule has 4 aromatic carbocycles. The standard InChI is InChI=1S/C23H22N2O2.C23H27NO3.2C22H21N3O3/c1-15-8-20(14-25(2)23(15)27)18-10-17-5-6-21(26)12-22(17)19(11-18)9-16-4-3-7-24-13-16;1-15-9-19(14-24(2)23(15)26)17-10-16-6-7-20(25)13-22(16)18(11-17)12-21-5-3-4-8-27-21;1-14-5-18(11-25(2)22(14)27)17-6-16-3-4-19(26)8-20(16)21(7-17)28-12-15-9-23-13-24-10-15;1-14-7-17(12-25(2)22(14)27)16-8-15-3-4-19(26)10-20(15)21(9-16)28-13-18-11-23-5-6-24-18/h3-4,7-8,10-11,13-14H,5-6,9,12H2,1-2H3;9-11,14,21H,3-8,12-13H2,1-2H3;5-7,9-11,13H,3-4,8,12H2,1-2H3;5-9,11-12H,3-4,10,13H2,1-2H3.